The van der Waals surface area contributed by atoms with Crippen LogP contribution in [0, 0.1) is 10.1 Å². The first kappa shape index (κ1) is 14.1. The zero-order valence-corrected chi connectivity index (χ0v) is 10.3. The normalized spacial score (nSPS) is 10.9. The van der Waals surface area contributed by atoms with E-state index < -0.39 is 26.5 Å². The Kier molecular flexibility index (Phi) is 4.38. The number of sulfone groups is 1. The number of benzene rings is 1. The Balaban J connectivity index is 2.88. The summed E-state index contributed by atoms with van der Waals surface area (Å²) in [6.07, 6.45) is 0. The van der Waals surface area contributed by atoms with Crippen LogP contribution in [0.2, 0.25) is 0 Å². The highest BCUT2D eigenvalue weighted by Crippen LogP contribution is 2.18. The Morgan fingerprint density at radius 1 is 1.44 bits per heavy atom. The smallest absolute Gasteiger partial charge is 0.302 e. The molecule has 0 fully saturated rings. The van der Waals surface area contributed by atoms with Gasteiger partial charge in [-0.2, -0.15) is 0 Å². The van der Waals surface area contributed by atoms with Gasteiger partial charge in [0.05, 0.1) is 15.6 Å². The van der Waals surface area contributed by atoms with Crippen LogP contribution in [-0.4, -0.2) is 31.7 Å². The number of hydrogen-bond donors (Lipinski definition) is 0. The summed E-state index contributed by atoms with van der Waals surface area (Å²) in [6, 6.07) is 4.72. The van der Waals surface area contributed by atoms with Crippen LogP contribution in [0.4, 0.5) is 5.69 Å². The van der Waals surface area contributed by atoms with Gasteiger partial charge in [-0.1, -0.05) is 6.07 Å². The fourth-order valence-electron chi connectivity index (χ4n) is 1.20. The minimum atomic E-state index is -3.69. The SMILES string of the molecule is CC(=O)OCCS(=O)(=O)c1cccc([N+](=O)[O-])c1. The summed E-state index contributed by atoms with van der Waals surface area (Å²) in [7, 11) is -3.69. The second-order valence-electron chi connectivity index (χ2n) is 3.41. The molecule has 1 aromatic carbocycles. The first-order chi connectivity index (χ1) is 8.33. The standard InChI is InChI=1S/C10H11NO6S/c1-8(12)17-5-6-18(15,16)10-4-2-3-9(7-10)11(13)14/h2-4,7H,5-6H2,1H3. The van der Waals surface area contributed by atoms with Gasteiger partial charge in [0, 0.05) is 19.1 Å². The van der Waals surface area contributed by atoms with Crippen LogP contribution >= 0.6 is 0 Å². The Bertz CT molecular complexity index is 565. The Morgan fingerprint density at radius 2 is 2.11 bits per heavy atom. The van der Waals surface area contributed by atoms with E-state index in [1.54, 1.807) is 0 Å². The van der Waals surface area contributed by atoms with E-state index in [1.165, 1.54) is 25.1 Å². The van der Waals surface area contributed by atoms with E-state index in [0.717, 1.165) is 6.07 Å². The molecule has 0 saturated heterocycles. The first-order valence-corrected chi connectivity index (χ1v) is 6.59. The molecule has 0 bridgehead atoms. The predicted molar refractivity (Wildman–Crippen MR) is 61.8 cm³/mol. The van der Waals surface area contributed by atoms with E-state index in [1.807, 2.05) is 0 Å². The molecule has 0 unspecified atom stereocenters. The lowest BCUT2D eigenvalue weighted by atomic mass is 10.3. The summed E-state index contributed by atoms with van der Waals surface area (Å²) in [4.78, 5) is 20.2. The number of nitro groups is 1. The van der Waals surface area contributed by atoms with Crippen molar-refractivity contribution in [1.29, 1.82) is 0 Å². The van der Waals surface area contributed by atoms with E-state index in [2.05, 4.69) is 4.74 Å². The minimum absolute atomic E-state index is 0.163. The zero-order chi connectivity index (χ0) is 13.8. The van der Waals surface area contributed by atoms with E-state index in [-0.39, 0.29) is 17.2 Å². The van der Waals surface area contributed by atoms with Gasteiger partial charge in [0.15, 0.2) is 9.84 Å². The van der Waals surface area contributed by atoms with Crippen molar-refractivity contribution >= 4 is 21.5 Å². The molecule has 8 heteroatoms. The average molecular weight is 273 g/mol. The molecule has 0 aliphatic rings. The number of carbonyl (C=O) groups is 1. The molecular formula is C10H11NO6S. The van der Waals surface area contributed by atoms with E-state index in [9.17, 15) is 23.3 Å². The summed E-state index contributed by atoms with van der Waals surface area (Å²) in [5, 5.41) is 10.5. The highest BCUT2D eigenvalue weighted by molar-refractivity contribution is 7.91. The van der Waals surface area contributed by atoms with Crippen molar-refractivity contribution in [2.24, 2.45) is 0 Å². The van der Waals surface area contributed by atoms with Gasteiger partial charge in [-0.3, -0.25) is 14.9 Å². The number of hydrogen-bond acceptors (Lipinski definition) is 6. The predicted octanol–water partition coefficient (Wildman–Crippen LogP) is 0.932. The third kappa shape index (κ3) is 3.81. The zero-order valence-electron chi connectivity index (χ0n) is 9.53. The minimum Gasteiger partial charge on any atom is -0.465 e. The van der Waals surface area contributed by atoms with Crippen molar-refractivity contribution in [1.82, 2.24) is 0 Å². The molecule has 0 radical (unpaired) electrons. The average Bonchev–Trinajstić information content (AvgIpc) is 2.28. The maximum atomic E-state index is 11.8. The van der Waals surface area contributed by atoms with Crippen molar-refractivity contribution in [2.45, 2.75) is 11.8 Å². The van der Waals surface area contributed by atoms with Crippen LogP contribution in [0.25, 0.3) is 0 Å². The number of rotatable bonds is 5. The molecule has 0 N–H and O–H groups in total. The van der Waals surface area contributed by atoms with Crippen LogP contribution in [-0.2, 0) is 19.4 Å². The second kappa shape index (κ2) is 5.58. The van der Waals surface area contributed by atoms with Crippen molar-refractivity contribution in [3.05, 3.63) is 34.4 Å². The number of nitrogens with zero attached hydrogens (tertiary/aromatic N) is 1. The van der Waals surface area contributed by atoms with Crippen LogP contribution in [0.3, 0.4) is 0 Å². The van der Waals surface area contributed by atoms with E-state index in [0.29, 0.717) is 0 Å². The van der Waals surface area contributed by atoms with Gasteiger partial charge in [-0.05, 0) is 6.07 Å². The third-order valence-corrected chi connectivity index (χ3v) is 3.72. The van der Waals surface area contributed by atoms with Gasteiger partial charge in [0.25, 0.3) is 5.69 Å². The molecule has 1 rings (SSSR count). The van der Waals surface area contributed by atoms with Crippen molar-refractivity contribution < 1.29 is 22.9 Å². The summed E-state index contributed by atoms with van der Waals surface area (Å²) >= 11 is 0. The number of esters is 1. The first-order valence-electron chi connectivity index (χ1n) is 4.93. The van der Waals surface area contributed by atoms with Crippen LogP contribution in [0.1, 0.15) is 6.92 Å². The third-order valence-electron chi connectivity index (χ3n) is 2.04. The molecular weight excluding hydrogens is 262 g/mol. The molecule has 0 amide bonds. The quantitative estimate of drug-likeness (QED) is 0.449. The van der Waals surface area contributed by atoms with Crippen molar-refractivity contribution in [2.75, 3.05) is 12.4 Å². The van der Waals surface area contributed by atoms with Gasteiger partial charge in [0.2, 0.25) is 0 Å². The lowest BCUT2D eigenvalue weighted by Gasteiger charge is -2.04. The Hall–Kier alpha value is -1.96. The molecule has 18 heavy (non-hydrogen) atoms. The van der Waals surface area contributed by atoms with Crippen LogP contribution in [0.5, 0.6) is 0 Å². The number of nitro benzene ring substituents is 1. The van der Waals surface area contributed by atoms with Gasteiger partial charge >= 0.3 is 5.97 Å². The van der Waals surface area contributed by atoms with Gasteiger partial charge < -0.3 is 4.74 Å². The van der Waals surface area contributed by atoms with Crippen molar-refractivity contribution in [3.63, 3.8) is 0 Å². The molecule has 0 spiro atoms. The fourth-order valence-corrected chi connectivity index (χ4v) is 2.33. The lowest BCUT2D eigenvalue weighted by Crippen LogP contribution is -2.14. The molecule has 0 aromatic heterocycles. The van der Waals surface area contributed by atoms with Crippen LogP contribution < -0.4 is 0 Å². The summed E-state index contributed by atoms with van der Waals surface area (Å²) < 4.78 is 28.1. The Morgan fingerprint density at radius 3 is 2.67 bits per heavy atom. The lowest BCUT2D eigenvalue weighted by molar-refractivity contribution is -0.385. The number of ether oxygens (including phenoxy) is 1. The molecule has 1 aromatic rings. The van der Waals surface area contributed by atoms with E-state index >= 15 is 0 Å². The second-order valence-corrected chi connectivity index (χ2v) is 5.52. The number of non-ortho nitro benzene ring substituents is 1. The number of carbonyl (C=O) groups excluding carboxylic acids is 1. The molecule has 0 heterocycles. The highest BCUT2D eigenvalue weighted by Gasteiger charge is 2.18. The fraction of sp³-hybridized carbons (Fsp3) is 0.300. The largest absolute Gasteiger partial charge is 0.465 e. The molecule has 0 aliphatic heterocycles. The molecule has 0 aliphatic carbocycles. The van der Waals surface area contributed by atoms with Crippen LogP contribution in [0.15, 0.2) is 29.2 Å². The van der Waals surface area contributed by atoms with Gasteiger partial charge in [-0.15, -0.1) is 0 Å². The van der Waals surface area contributed by atoms with Crippen molar-refractivity contribution in [3.8, 4) is 0 Å². The van der Waals surface area contributed by atoms with Gasteiger partial charge in [0.1, 0.15) is 6.61 Å². The summed E-state index contributed by atoms with van der Waals surface area (Å²) in [5.74, 6) is -0.988. The topological polar surface area (TPSA) is 104 Å². The summed E-state index contributed by atoms with van der Waals surface area (Å²) in [6.45, 7) is 0.889. The Labute approximate surface area is 103 Å². The molecule has 0 atom stereocenters. The molecule has 98 valence electrons. The highest BCUT2D eigenvalue weighted by atomic mass is 32.2. The van der Waals surface area contributed by atoms with E-state index in [4.69, 9.17) is 0 Å². The molecule has 0 saturated carbocycles. The maximum Gasteiger partial charge on any atom is 0.302 e. The van der Waals surface area contributed by atoms with Gasteiger partial charge in [-0.25, -0.2) is 8.42 Å². The monoisotopic (exact) mass is 273 g/mol. The summed E-state index contributed by atoms with van der Waals surface area (Å²) in [5.41, 5.74) is -0.302. The molecule has 7 nitrogen and oxygen atoms in total. The maximum absolute atomic E-state index is 11.8.